The van der Waals surface area contributed by atoms with Gasteiger partial charge in [0.25, 0.3) is 0 Å². The minimum atomic E-state index is -0.453. The minimum absolute atomic E-state index is 0.233. The van der Waals surface area contributed by atoms with Gasteiger partial charge in [0.15, 0.2) is 0 Å². The van der Waals surface area contributed by atoms with Crippen molar-refractivity contribution in [3.63, 3.8) is 0 Å². The molecule has 0 spiro atoms. The van der Waals surface area contributed by atoms with E-state index in [-0.39, 0.29) is 12.1 Å². The lowest BCUT2D eigenvalue weighted by molar-refractivity contribution is 0.0125. The van der Waals surface area contributed by atoms with Crippen LogP contribution in [0.1, 0.15) is 34.6 Å². The predicted molar refractivity (Wildman–Crippen MR) is 96.1 cm³/mol. The Labute approximate surface area is 144 Å². The van der Waals surface area contributed by atoms with E-state index in [1.54, 1.807) is 11.0 Å². The van der Waals surface area contributed by atoms with E-state index in [4.69, 9.17) is 16.3 Å². The highest BCUT2D eigenvalue weighted by molar-refractivity contribution is 6.29. The molecule has 1 aliphatic heterocycles. The van der Waals surface area contributed by atoms with Gasteiger partial charge in [-0.3, -0.25) is 9.89 Å². The molecule has 6 heteroatoms. The fourth-order valence-corrected chi connectivity index (χ4v) is 2.36. The number of hydrogen-bond acceptors (Lipinski definition) is 4. The molecule has 0 saturated carbocycles. The molecule has 0 aromatic heterocycles. The van der Waals surface area contributed by atoms with Crippen molar-refractivity contribution in [2.45, 2.75) is 46.3 Å². The van der Waals surface area contributed by atoms with Crippen LogP contribution in [-0.4, -0.2) is 60.4 Å². The summed E-state index contributed by atoms with van der Waals surface area (Å²) < 4.78 is 5.42. The summed E-state index contributed by atoms with van der Waals surface area (Å²) in [6.45, 7) is 16.2. The van der Waals surface area contributed by atoms with Crippen molar-refractivity contribution in [2.75, 3.05) is 26.2 Å². The number of allylic oxidation sites excluding steroid dienone is 2. The predicted octanol–water partition coefficient (Wildman–Crippen LogP) is 3.65. The number of carbonyl (C=O) groups excluding carboxylic acids is 1. The summed E-state index contributed by atoms with van der Waals surface area (Å²) in [5, 5.41) is 0.381. The number of nitrogens with zero attached hydrogens (tertiary/aromatic N) is 3. The lowest BCUT2D eigenvalue weighted by atomic mass is 10.1. The van der Waals surface area contributed by atoms with Crippen molar-refractivity contribution in [1.82, 2.24) is 9.80 Å². The smallest absolute Gasteiger partial charge is 0.410 e. The Morgan fingerprint density at radius 2 is 1.83 bits per heavy atom. The summed E-state index contributed by atoms with van der Waals surface area (Å²) in [4.78, 5) is 19.8. The standard InChI is InChI=1S/C17H28ClN3O2/c1-13(7-8-15(18)19-6)14(2)20-9-11-21(12-10-20)16(22)23-17(3,4)5/h7-8,14H,6,9-12H2,1-5H3/b13-7+,15-8-. The molecule has 0 aromatic rings. The lowest BCUT2D eigenvalue weighted by Crippen LogP contribution is -2.52. The number of rotatable bonds is 4. The van der Waals surface area contributed by atoms with Gasteiger partial charge in [0, 0.05) is 32.2 Å². The van der Waals surface area contributed by atoms with Crippen molar-refractivity contribution in [3.8, 4) is 0 Å². The number of carbonyl (C=O) groups is 1. The van der Waals surface area contributed by atoms with Gasteiger partial charge in [0.05, 0.1) is 0 Å². The van der Waals surface area contributed by atoms with Crippen LogP contribution in [-0.2, 0) is 4.74 Å². The maximum atomic E-state index is 12.1. The monoisotopic (exact) mass is 341 g/mol. The number of piperazine rings is 1. The molecule has 1 atom stereocenters. The zero-order valence-electron chi connectivity index (χ0n) is 14.8. The van der Waals surface area contributed by atoms with Crippen LogP contribution in [0.2, 0.25) is 0 Å². The second-order valence-corrected chi connectivity index (χ2v) is 7.12. The summed E-state index contributed by atoms with van der Waals surface area (Å²) in [6.07, 6.45) is 3.48. The SMILES string of the molecule is C=N/C(Cl)=C\C=C(/C)C(C)N1CCN(C(=O)OC(C)(C)C)CC1. The normalized spacial score (nSPS) is 19.5. The molecule has 1 unspecified atom stereocenters. The molecule has 0 N–H and O–H groups in total. The molecule has 1 amide bonds. The fraction of sp³-hybridized carbons (Fsp3) is 0.647. The quantitative estimate of drug-likeness (QED) is 0.445. The van der Waals surface area contributed by atoms with Crippen molar-refractivity contribution >= 4 is 24.4 Å². The van der Waals surface area contributed by atoms with Gasteiger partial charge in [0.2, 0.25) is 0 Å². The Kier molecular flexibility index (Phi) is 7.29. The maximum Gasteiger partial charge on any atom is 0.410 e. The van der Waals surface area contributed by atoms with Crippen LogP contribution in [0.25, 0.3) is 0 Å². The molecule has 0 bridgehead atoms. The molecule has 0 aliphatic carbocycles. The van der Waals surface area contributed by atoms with Gasteiger partial charge in [-0.05, 0) is 47.4 Å². The second kappa shape index (κ2) is 8.50. The molecule has 1 heterocycles. The number of aliphatic imine (C=N–C) groups is 1. The lowest BCUT2D eigenvalue weighted by Gasteiger charge is -2.38. The van der Waals surface area contributed by atoms with Crippen LogP contribution in [0, 0.1) is 0 Å². The number of amides is 1. The first-order chi connectivity index (χ1) is 10.6. The van der Waals surface area contributed by atoms with Crippen LogP contribution in [0.4, 0.5) is 4.79 Å². The second-order valence-electron chi connectivity index (χ2n) is 6.74. The Hall–Kier alpha value is -1.33. The topological polar surface area (TPSA) is 45.1 Å². The maximum absolute atomic E-state index is 12.1. The summed E-state index contributed by atoms with van der Waals surface area (Å²) >= 11 is 5.82. The van der Waals surface area contributed by atoms with E-state index in [1.807, 2.05) is 26.8 Å². The van der Waals surface area contributed by atoms with E-state index in [0.717, 1.165) is 13.1 Å². The van der Waals surface area contributed by atoms with Gasteiger partial charge < -0.3 is 9.64 Å². The Morgan fingerprint density at radius 3 is 2.30 bits per heavy atom. The van der Waals surface area contributed by atoms with Gasteiger partial charge in [-0.1, -0.05) is 23.3 Å². The summed E-state index contributed by atoms with van der Waals surface area (Å²) in [6, 6.07) is 0.279. The van der Waals surface area contributed by atoms with Gasteiger partial charge in [-0.25, -0.2) is 4.79 Å². The fourth-order valence-electron chi connectivity index (χ4n) is 2.30. The zero-order chi connectivity index (χ0) is 17.6. The number of halogens is 1. The molecular weight excluding hydrogens is 314 g/mol. The molecule has 5 nitrogen and oxygen atoms in total. The van der Waals surface area contributed by atoms with Crippen molar-refractivity contribution in [3.05, 3.63) is 22.9 Å². The largest absolute Gasteiger partial charge is 0.444 e. The minimum Gasteiger partial charge on any atom is -0.444 e. The summed E-state index contributed by atoms with van der Waals surface area (Å²) in [7, 11) is 0. The Bertz CT molecular complexity index is 487. The third-order valence-electron chi connectivity index (χ3n) is 3.81. The van der Waals surface area contributed by atoms with E-state index in [9.17, 15) is 4.79 Å². The van der Waals surface area contributed by atoms with Crippen LogP contribution in [0.3, 0.4) is 0 Å². The first-order valence-corrected chi connectivity index (χ1v) is 8.24. The van der Waals surface area contributed by atoms with Crippen LogP contribution < -0.4 is 0 Å². The van der Waals surface area contributed by atoms with E-state index in [1.165, 1.54) is 5.57 Å². The highest BCUT2D eigenvalue weighted by Crippen LogP contribution is 2.16. The van der Waals surface area contributed by atoms with Gasteiger partial charge in [-0.15, -0.1) is 0 Å². The zero-order valence-corrected chi connectivity index (χ0v) is 15.6. The third-order valence-corrected chi connectivity index (χ3v) is 4.05. The highest BCUT2D eigenvalue weighted by atomic mass is 35.5. The number of ether oxygens (including phenoxy) is 1. The van der Waals surface area contributed by atoms with Crippen LogP contribution in [0.15, 0.2) is 27.9 Å². The third kappa shape index (κ3) is 6.75. The van der Waals surface area contributed by atoms with Crippen LogP contribution in [0.5, 0.6) is 0 Å². The Morgan fingerprint density at radius 1 is 1.26 bits per heavy atom. The van der Waals surface area contributed by atoms with Gasteiger partial charge >= 0.3 is 6.09 Å². The molecule has 130 valence electrons. The Balaban J connectivity index is 2.55. The molecule has 0 radical (unpaired) electrons. The number of hydrogen-bond donors (Lipinski definition) is 0. The first-order valence-electron chi connectivity index (χ1n) is 7.86. The van der Waals surface area contributed by atoms with Crippen molar-refractivity contribution < 1.29 is 9.53 Å². The van der Waals surface area contributed by atoms with E-state index in [2.05, 4.69) is 30.5 Å². The molecule has 1 rings (SSSR count). The molecule has 0 aromatic carbocycles. The van der Waals surface area contributed by atoms with Crippen molar-refractivity contribution in [1.29, 1.82) is 0 Å². The highest BCUT2D eigenvalue weighted by Gasteiger charge is 2.27. The molecular formula is C17H28ClN3O2. The average Bonchev–Trinajstić information content (AvgIpc) is 2.49. The van der Waals surface area contributed by atoms with E-state index >= 15 is 0 Å². The summed E-state index contributed by atoms with van der Waals surface area (Å²) in [5.41, 5.74) is 0.739. The molecule has 23 heavy (non-hydrogen) atoms. The van der Waals surface area contributed by atoms with E-state index in [0.29, 0.717) is 18.2 Å². The van der Waals surface area contributed by atoms with Gasteiger partial charge in [-0.2, -0.15) is 0 Å². The van der Waals surface area contributed by atoms with Crippen molar-refractivity contribution in [2.24, 2.45) is 4.99 Å². The van der Waals surface area contributed by atoms with Gasteiger partial charge in [0.1, 0.15) is 10.8 Å². The van der Waals surface area contributed by atoms with Crippen LogP contribution >= 0.6 is 11.6 Å². The average molecular weight is 342 g/mol. The molecule has 1 aliphatic rings. The molecule has 1 fully saturated rings. The first kappa shape index (κ1) is 19.7. The molecule has 1 saturated heterocycles. The van der Waals surface area contributed by atoms with E-state index < -0.39 is 5.60 Å². The summed E-state index contributed by atoms with van der Waals surface area (Å²) in [5.74, 6) is 0.